The van der Waals surface area contributed by atoms with Crippen LogP contribution in [0.2, 0.25) is 0 Å². The fourth-order valence-corrected chi connectivity index (χ4v) is 1.04. The fraction of sp³-hybridized carbons (Fsp3) is 0.400. The molecule has 0 bridgehead atoms. The highest BCUT2D eigenvalue weighted by Gasteiger charge is 2.00. The molecule has 0 aliphatic carbocycles. The van der Waals surface area contributed by atoms with Crippen LogP contribution in [-0.4, -0.2) is 9.67 Å². The van der Waals surface area contributed by atoms with Crippen molar-refractivity contribution in [2.24, 2.45) is 0 Å². The first kappa shape index (κ1) is 8.91. The van der Waals surface area contributed by atoms with Crippen LogP contribution in [0.3, 0.4) is 0 Å². The van der Waals surface area contributed by atoms with Crippen LogP contribution in [-0.2, 0) is 0 Å². The zero-order valence-electron chi connectivity index (χ0n) is 8.05. The number of rotatable bonds is 1. The highest BCUT2D eigenvalue weighted by Crippen LogP contribution is 2.14. The van der Waals surface area contributed by atoms with E-state index in [9.17, 15) is 5.11 Å². The van der Waals surface area contributed by atoms with Crippen molar-refractivity contribution in [3.05, 3.63) is 29.3 Å². The molecule has 0 aromatic carbocycles. The van der Waals surface area contributed by atoms with Crippen molar-refractivity contribution < 1.29 is 5.11 Å². The third-order valence-corrected chi connectivity index (χ3v) is 2.20. The number of hydrogen-bond donors (Lipinski definition) is 1. The lowest BCUT2D eigenvalue weighted by molar-refractivity contribution is 0.413. The molecule has 0 saturated carbocycles. The van der Waals surface area contributed by atoms with Crippen LogP contribution >= 0.6 is 0 Å². The monoisotopic (exact) mass is 165 g/mol. The van der Waals surface area contributed by atoms with E-state index in [-0.39, 0.29) is 0 Å². The number of nitrogens with zero attached hydrogens (tertiary/aromatic N) is 1. The predicted octanol–water partition coefficient (Wildman–Crippen LogP) is 2.87. The number of allylic oxidation sites excluding steroid dienone is 2. The molecule has 0 radical (unpaired) electrons. The number of aromatic nitrogens is 1. The van der Waals surface area contributed by atoms with Crippen molar-refractivity contribution in [3.8, 4) is 0 Å². The van der Waals surface area contributed by atoms with Gasteiger partial charge in [0.15, 0.2) is 0 Å². The second-order valence-electron chi connectivity index (χ2n) is 3.20. The minimum atomic E-state index is 0.366. The molecule has 66 valence electrons. The van der Waals surface area contributed by atoms with Crippen molar-refractivity contribution in [1.82, 2.24) is 4.57 Å². The average Bonchev–Trinajstić information content (AvgIpc) is 2.30. The summed E-state index contributed by atoms with van der Waals surface area (Å²) in [5.41, 5.74) is 3.37. The summed E-state index contributed by atoms with van der Waals surface area (Å²) >= 11 is 0. The molecular weight excluding hydrogens is 150 g/mol. The van der Waals surface area contributed by atoms with Gasteiger partial charge < -0.3 is 9.67 Å². The Balaban J connectivity index is 3.14. The molecule has 0 spiro atoms. The van der Waals surface area contributed by atoms with E-state index >= 15 is 0 Å². The van der Waals surface area contributed by atoms with Gasteiger partial charge in [-0.05, 0) is 38.8 Å². The second-order valence-corrected chi connectivity index (χ2v) is 3.20. The Morgan fingerprint density at radius 2 is 1.58 bits per heavy atom. The highest BCUT2D eigenvalue weighted by atomic mass is 16.3. The maximum Gasteiger partial charge on any atom is 0.109 e. The first-order chi connectivity index (χ1) is 5.52. The van der Waals surface area contributed by atoms with Gasteiger partial charge in [0.05, 0.1) is 5.70 Å². The van der Waals surface area contributed by atoms with Gasteiger partial charge in [0.2, 0.25) is 0 Å². The van der Waals surface area contributed by atoms with Crippen molar-refractivity contribution in [1.29, 1.82) is 0 Å². The molecule has 0 aliphatic heterocycles. The minimum Gasteiger partial charge on any atom is -0.511 e. The number of aliphatic hydroxyl groups is 1. The van der Waals surface area contributed by atoms with E-state index in [4.69, 9.17) is 0 Å². The van der Waals surface area contributed by atoms with E-state index in [1.165, 1.54) is 11.1 Å². The highest BCUT2D eigenvalue weighted by molar-refractivity contribution is 5.46. The molecule has 0 unspecified atom stereocenters. The summed E-state index contributed by atoms with van der Waals surface area (Å²) in [4.78, 5) is 0. The second kappa shape index (κ2) is 3.05. The Morgan fingerprint density at radius 3 is 1.92 bits per heavy atom. The third kappa shape index (κ3) is 1.52. The van der Waals surface area contributed by atoms with Crippen molar-refractivity contribution in [2.75, 3.05) is 0 Å². The summed E-state index contributed by atoms with van der Waals surface area (Å²) in [5.74, 6) is 0.366. The van der Waals surface area contributed by atoms with Gasteiger partial charge >= 0.3 is 0 Å². The minimum absolute atomic E-state index is 0.366. The molecule has 1 heterocycles. The number of aliphatic hydroxyl groups excluding tert-OH is 1. The SMILES string of the molecule is C/C(O)=C(\C)n1cc(C)c(C)c1. The molecular formula is C10H15NO. The molecule has 1 N–H and O–H groups in total. The van der Waals surface area contributed by atoms with Crippen LogP contribution in [0, 0.1) is 13.8 Å². The summed E-state index contributed by atoms with van der Waals surface area (Å²) in [7, 11) is 0. The Labute approximate surface area is 73.1 Å². The van der Waals surface area contributed by atoms with E-state index in [0.29, 0.717) is 5.76 Å². The molecule has 2 nitrogen and oxygen atoms in total. The quantitative estimate of drug-likeness (QED) is 0.636. The van der Waals surface area contributed by atoms with Crippen LogP contribution < -0.4 is 0 Å². The maximum absolute atomic E-state index is 9.23. The number of hydrogen-bond acceptors (Lipinski definition) is 1. The summed E-state index contributed by atoms with van der Waals surface area (Å²) in [6, 6.07) is 0. The molecule has 1 aromatic heterocycles. The topological polar surface area (TPSA) is 25.2 Å². The molecule has 0 amide bonds. The lowest BCUT2D eigenvalue weighted by Gasteiger charge is -2.02. The zero-order chi connectivity index (χ0) is 9.30. The maximum atomic E-state index is 9.23. The predicted molar refractivity (Wildman–Crippen MR) is 51.1 cm³/mol. The van der Waals surface area contributed by atoms with E-state index in [1.807, 2.05) is 23.9 Å². The molecule has 0 atom stereocenters. The molecule has 0 saturated heterocycles. The molecule has 1 aromatic rings. The Hall–Kier alpha value is -1.18. The summed E-state index contributed by atoms with van der Waals surface area (Å²) in [6.45, 7) is 7.71. The largest absolute Gasteiger partial charge is 0.511 e. The molecule has 0 fully saturated rings. The van der Waals surface area contributed by atoms with Crippen LogP contribution in [0.25, 0.3) is 5.70 Å². The summed E-state index contributed by atoms with van der Waals surface area (Å²) < 4.78 is 1.94. The third-order valence-electron chi connectivity index (χ3n) is 2.20. The molecule has 12 heavy (non-hydrogen) atoms. The van der Waals surface area contributed by atoms with Gasteiger partial charge in [-0.25, -0.2) is 0 Å². The van der Waals surface area contributed by atoms with Crippen LogP contribution in [0.4, 0.5) is 0 Å². The van der Waals surface area contributed by atoms with Crippen molar-refractivity contribution >= 4 is 5.70 Å². The Morgan fingerprint density at radius 1 is 1.17 bits per heavy atom. The van der Waals surface area contributed by atoms with Gasteiger partial charge in [-0.1, -0.05) is 0 Å². The van der Waals surface area contributed by atoms with Crippen molar-refractivity contribution in [2.45, 2.75) is 27.7 Å². The first-order valence-electron chi connectivity index (χ1n) is 4.04. The van der Waals surface area contributed by atoms with Crippen LogP contribution in [0.15, 0.2) is 18.2 Å². The van der Waals surface area contributed by atoms with Gasteiger partial charge in [0, 0.05) is 12.4 Å². The van der Waals surface area contributed by atoms with Crippen LogP contribution in [0.5, 0.6) is 0 Å². The van der Waals surface area contributed by atoms with Gasteiger partial charge in [-0.2, -0.15) is 0 Å². The van der Waals surface area contributed by atoms with Crippen LogP contribution in [0.1, 0.15) is 25.0 Å². The number of aryl methyl sites for hydroxylation is 2. The van der Waals surface area contributed by atoms with Gasteiger partial charge in [0.1, 0.15) is 5.76 Å². The lowest BCUT2D eigenvalue weighted by Crippen LogP contribution is -1.91. The average molecular weight is 165 g/mol. The summed E-state index contributed by atoms with van der Waals surface area (Å²) in [5, 5.41) is 9.23. The normalized spacial score (nSPS) is 13.0. The molecule has 2 heteroatoms. The van der Waals surface area contributed by atoms with E-state index in [1.54, 1.807) is 6.92 Å². The lowest BCUT2D eigenvalue weighted by atomic mass is 10.2. The molecule has 0 aliphatic rings. The summed E-state index contributed by atoms with van der Waals surface area (Å²) in [6.07, 6.45) is 4.04. The fourth-order valence-electron chi connectivity index (χ4n) is 1.04. The Bertz CT molecular complexity index is 297. The van der Waals surface area contributed by atoms with E-state index in [2.05, 4.69) is 13.8 Å². The van der Waals surface area contributed by atoms with E-state index < -0.39 is 0 Å². The smallest absolute Gasteiger partial charge is 0.109 e. The van der Waals surface area contributed by atoms with Crippen molar-refractivity contribution in [3.63, 3.8) is 0 Å². The molecule has 1 rings (SSSR count). The van der Waals surface area contributed by atoms with Gasteiger partial charge in [-0.3, -0.25) is 0 Å². The first-order valence-corrected chi connectivity index (χ1v) is 4.04. The standard InChI is InChI=1S/C10H15NO/c1-7-5-11(6-8(7)2)9(3)10(4)12/h5-6,12H,1-4H3/b10-9-. The Kier molecular flexibility index (Phi) is 2.27. The van der Waals surface area contributed by atoms with E-state index in [0.717, 1.165) is 5.70 Å². The zero-order valence-corrected chi connectivity index (χ0v) is 8.05. The van der Waals surface area contributed by atoms with Gasteiger partial charge in [0.25, 0.3) is 0 Å². The van der Waals surface area contributed by atoms with Gasteiger partial charge in [-0.15, -0.1) is 0 Å².